The largest absolute Gasteiger partial charge is 0.330 e. The van der Waals surface area contributed by atoms with Gasteiger partial charge in [-0.1, -0.05) is 6.08 Å². The third kappa shape index (κ3) is 2.32. The van der Waals surface area contributed by atoms with Crippen molar-refractivity contribution in [1.29, 1.82) is 0 Å². The lowest BCUT2D eigenvalue weighted by Gasteiger charge is -2.36. The quantitative estimate of drug-likeness (QED) is 0.642. The van der Waals surface area contributed by atoms with Crippen LogP contribution in [0.2, 0.25) is 0 Å². The van der Waals surface area contributed by atoms with Gasteiger partial charge in [0.15, 0.2) is 0 Å². The van der Waals surface area contributed by atoms with E-state index in [0.29, 0.717) is 12.0 Å². The summed E-state index contributed by atoms with van der Waals surface area (Å²) >= 11 is 0. The van der Waals surface area contributed by atoms with Gasteiger partial charge in [-0.2, -0.15) is 0 Å². The maximum atomic E-state index is 5.65. The molecule has 1 rings (SSSR count). The Labute approximate surface area is 75.4 Å². The zero-order chi connectivity index (χ0) is 8.97. The van der Waals surface area contributed by atoms with Crippen LogP contribution in [0.5, 0.6) is 0 Å². The monoisotopic (exact) mass is 168 g/mol. The second kappa shape index (κ2) is 4.63. The number of nitrogens with two attached hydrogens (primary N) is 1. The molecule has 2 atom stereocenters. The van der Waals surface area contributed by atoms with E-state index in [9.17, 15) is 0 Å². The van der Waals surface area contributed by atoms with Crippen molar-refractivity contribution in [3.8, 4) is 0 Å². The Morgan fingerprint density at radius 1 is 1.58 bits per heavy atom. The summed E-state index contributed by atoms with van der Waals surface area (Å²) in [6, 6.07) is 0.714. The standard InChI is InChI=1S/C10H20N2/c1-3-6-12-8-10(7-11)5-4-9(12)2/h3,9-10H,1,4-8,11H2,2H3. The summed E-state index contributed by atoms with van der Waals surface area (Å²) in [5.74, 6) is 0.709. The first-order valence-corrected chi connectivity index (χ1v) is 4.83. The summed E-state index contributed by atoms with van der Waals surface area (Å²) in [5.41, 5.74) is 5.65. The molecule has 1 aliphatic heterocycles. The van der Waals surface area contributed by atoms with Crippen molar-refractivity contribution >= 4 is 0 Å². The molecule has 0 bridgehead atoms. The Kier molecular flexibility index (Phi) is 3.76. The van der Waals surface area contributed by atoms with Crippen molar-refractivity contribution in [3.05, 3.63) is 12.7 Å². The molecule has 0 saturated carbocycles. The predicted octanol–water partition coefficient (Wildman–Crippen LogP) is 1.23. The molecule has 0 aromatic carbocycles. The summed E-state index contributed by atoms with van der Waals surface area (Å²) in [4.78, 5) is 2.47. The van der Waals surface area contributed by atoms with E-state index < -0.39 is 0 Å². The van der Waals surface area contributed by atoms with E-state index in [0.717, 1.165) is 19.6 Å². The van der Waals surface area contributed by atoms with Gasteiger partial charge in [0.2, 0.25) is 0 Å². The van der Waals surface area contributed by atoms with Crippen molar-refractivity contribution in [2.75, 3.05) is 19.6 Å². The average molecular weight is 168 g/mol. The van der Waals surface area contributed by atoms with Gasteiger partial charge in [0.25, 0.3) is 0 Å². The van der Waals surface area contributed by atoms with Crippen LogP contribution < -0.4 is 5.73 Å². The van der Waals surface area contributed by atoms with Crippen LogP contribution in [-0.4, -0.2) is 30.6 Å². The Bertz CT molecular complexity index is 145. The molecule has 1 fully saturated rings. The number of rotatable bonds is 3. The molecule has 2 heteroatoms. The zero-order valence-corrected chi connectivity index (χ0v) is 8.00. The molecule has 12 heavy (non-hydrogen) atoms. The lowest BCUT2D eigenvalue weighted by atomic mass is 9.93. The summed E-state index contributed by atoms with van der Waals surface area (Å²) in [6.07, 6.45) is 4.57. The van der Waals surface area contributed by atoms with Crippen LogP contribution in [0.25, 0.3) is 0 Å². The Morgan fingerprint density at radius 3 is 2.92 bits per heavy atom. The van der Waals surface area contributed by atoms with E-state index in [1.165, 1.54) is 12.8 Å². The number of nitrogens with zero attached hydrogens (tertiary/aromatic N) is 1. The molecular weight excluding hydrogens is 148 g/mol. The van der Waals surface area contributed by atoms with Crippen LogP contribution in [0, 0.1) is 5.92 Å². The summed E-state index contributed by atoms with van der Waals surface area (Å²) in [6.45, 7) is 9.06. The minimum atomic E-state index is 0.709. The third-order valence-electron chi connectivity index (χ3n) is 2.81. The van der Waals surface area contributed by atoms with Gasteiger partial charge in [-0.05, 0) is 32.2 Å². The fraction of sp³-hybridized carbons (Fsp3) is 0.800. The van der Waals surface area contributed by atoms with Crippen LogP contribution in [0.1, 0.15) is 19.8 Å². The number of piperidine rings is 1. The first-order chi connectivity index (χ1) is 5.77. The van der Waals surface area contributed by atoms with Crippen LogP contribution in [0.4, 0.5) is 0 Å². The van der Waals surface area contributed by atoms with E-state index in [1.807, 2.05) is 6.08 Å². The average Bonchev–Trinajstić information content (AvgIpc) is 2.09. The highest BCUT2D eigenvalue weighted by atomic mass is 15.2. The molecule has 2 unspecified atom stereocenters. The Morgan fingerprint density at radius 2 is 2.33 bits per heavy atom. The molecule has 0 amide bonds. The zero-order valence-electron chi connectivity index (χ0n) is 8.00. The SMILES string of the molecule is C=CCN1CC(CN)CCC1C. The van der Waals surface area contributed by atoms with Crippen LogP contribution >= 0.6 is 0 Å². The van der Waals surface area contributed by atoms with Gasteiger partial charge >= 0.3 is 0 Å². The first-order valence-electron chi connectivity index (χ1n) is 4.83. The smallest absolute Gasteiger partial charge is 0.0163 e. The number of hydrogen-bond acceptors (Lipinski definition) is 2. The highest BCUT2D eigenvalue weighted by Gasteiger charge is 2.22. The molecule has 2 nitrogen and oxygen atoms in total. The van der Waals surface area contributed by atoms with Gasteiger partial charge in [0.1, 0.15) is 0 Å². The molecule has 2 N–H and O–H groups in total. The second-order valence-corrected chi connectivity index (χ2v) is 3.77. The maximum Gasteiger partial charge on any atom is 0.0163 e. The molecular formula is C10H20N2. The van der Waals surface area contributed by atoms with Crippen LogP contribution in [0.15, 0.2) is 12.7 Å². The van der Waals surface area contributed by atoms with Crippen molar-refractivity contribution in [2.45, 2.75) is 25.8 Å². The molecule has 0 radical (unpaired) electrons. The van der Waals surface area contributed by atoms with E-state index in [2.05, 4.69) is 18.4 Å². The van der Waals surface area contributed by atoms with Crippen molar-refractivity contribution < 1.29 is 0 Å². The normalized spacial score (nSPS) is 31.8. The number of hydrogen-bond donors (Lipinski definition) is 1. The van der Waals surface area contributed by atoms with E-state index in [4.69, 9.17) is 5.73 Å². The molecule has 0 aromatic heterocycles. The highest BCUT2D eigenvalue weighted by molar-refractivity contribution is 4.83. The van der Waals surface area contributed by atoms with Gasteiger partial charge in [0, 0.05) is 19.1 Å². The Balaban J connectivity index is 2.41. The molecule has 70 valence electrons. The lowest BCUT2D eigenvalue weighted by Crippen LogP contribution is -2.43. The fourth-order valence-corrected chi connectivity index (χ4v) is 1.88. The van der Waals surface area contributed by atoms with Crippen LogP contribution in [-0.2, 0) is 0 Å². The van der Waals surface area contributed by atoms with Gasteiger partial charge < -0.3 is 5.73 Å². The van der Waals surface area contributed by atoms with Crippen molar-refractivity contribution in [3.63, 3.8) is 0 Å². The summed E-state index contributed by atoms with van der Waals surface area (Å²) in [5, 5.41) is 0. The van der Waals surface area contributed by atoms with Gasteiger partial charge in [-0.25, -0.2) is 0 Å². The van der Waals surface area contributed by atoms with E-state index >= 15 is 0 Å². The minimum Gasteiger partial charge on any atom is -0.330 e. The van der Waals surface area contributed by atoms with E-state index in [-0.39, 0.29) is 0 Å². The lowest BCUT2D eigenvalue weighted by molar-refractivity contribution is 0.135. The molecule has 0 aliphatic carbocycles. The van der Waals surface area contributed by atoms with Gasteiger partial charge in [-0.15, -0.1) is 6.58 Å². The maximum absolute atomic E-state index is 5.65. The fourth-order valence-electron chi connectivity index (χ4n) is 1.88. The third-order valence-corrected chi connectivity index (χ3v) is 2.81. The highest BCUT2D eigenvalue weighted by Crippen LogP contribution is 2.20. The van der Waals surface area contributed by atoms with Crippen molar-refractivity contribution in [1.82, 2.24) is 4.90 Å². The molecule has 0 aromatic rings. The van der Waals surface area contributed by atoms with Gasteiger partial charge in [0.05, 0.1) is 0 Å². The van der Waals surface area contributed by atoms with Crippen LogP contribution in [0.3, 0.4) is 0 Å². The van der Waals surface area contributed by atoms with Gasteiger partial charge in [-0.3, -0.25) is 4.90 Å². The topological polar surface area (TPSA) is 29.3 Å². The second-order valence-electron chi connectivity index (χ2n) is 3.77. The molecule has 1 saturated heterocycles. The summed E-state index contributed by atoms with van der Waals surface area (Å²) < 4.78 is 0. The van der Waals surface area contributed by atoms with Crippen molar-refractivity contribution in [2.24, 2.45) is 11.7 Å². The molecule has 1 heterocycles. The summed E-state index contributed by atoms with van der Waals surface area (Å²) in [7, 11) is 0. The van der Waals surface area contributed by atoms with E-state index in [1.54, 1.807) is 0 Å². The molecule has 1 aliphatic rings. The minimum absolute atomic E-state index is 0.709. The Hall–Kier alpha value is -0.340. The number of likely N-dealkylation sites (tertiary alicyclic amines) is 1. The predicted molar refractivity (Wildman–Crippen MR) is 53.0 cm³/mol. The first kappa shape index (κ1) is 9.75. The molecule has 0 spiro atoms.